The van der Waals surface area contributed by atoms with E-state index in [1.54, 1.807) is 0 Å². The molecule has 1 aliphatic heterocycles. The van der Waals surface area contributed by atoms with Gasteiger partial charge in [-0.3, -0.25) is 0 Å². The average Bonchev–Trinajstić information content (AvgIpc) is 2.68. The van der Waals surface area contributed by atoms with Gasteiger partial charge in [0.1, 0.15) is 6.10 Å². The Morgan fingerprint density at radius 1 is 1.19 bits per heavy atom. The molecular formula is C11H9ClF3O. The number of hydrogen-bond acceptors (Lipinski definition) is 1. The Hall–Kier alpha value is -0.740. The molecule has 87 valence electrons. The number of ether oxygens (including phenoxy) is 1. The molecule has 2 rings (SSSR count). The summed E-state index contributed by atoms with van der Waals surface area (Å²) in [6.07, 6.45) is -2.28. The smallest absolute Gasteiger partial charge is 0.367 e. The third kappa shape index (κ3) is 2.50. The van der Waals surface area contributed by atoms with E-state index in [1.807, 2.05) is 0 Å². The van der Waals surface area contributed by atoms with Crippen LogP contribution in [0.2, 0.25) is 5.02 Å². The quantitative estimate of drug-likeness (QED) is 0.730. The monoisotopic (exact) mass is 249 g/mol. The van der Waals surface area contributed by atoms with Crippen LogP contribution in [0, 0.1) is 6.10 Å². The maximum Gasteiger partial charge on any atom is 0.416 e. The van der Waals surface area contributed by atoms with Gasteiger partial charge >= 0.3 is 6.18 Å². The van der Waals surface area contributed by atoms with Gasteiger partial charge in [0, 0.05) is 11.6 Å². The first-order valence-corrected chi connectivity index (χ1v) is 5.21. The molecule has 1 aliphatic rings. The fourth-order valence-corrected chi connectivity index (χ4v) is 1.88. The van der Waals surface area contributed by atoms with Crippen LogP contribution in [-0.4, -0.2) is 6.61 Å². The molecular weight excluding hydrogens is 241 g/mol. The van der Waals surface area contributed by atoms with Crippen molar-refractivity contribution in [2.24, 2.45) is 0 Å². The van der Waals surface area contributed by atoms with E-state index in [4.69, 9.17) is 16.3 Å². The van der Waals surface area contributed by atoms with Gasteiger partial charge in [0.25, 0.3) is 0 Å². The molecule has 1 aromatic carbocycles. The lowest BCUT2D eigenvalue weighted by molar-refractivity contribution is -0.137. The van der Waals surface area contributed by atoms with Crippen molar-refractivity contribution in [3.05, 3.63) is 40.5 Å². The number of alkyl halides is 3. The van der Waals surface area contributed by atoms with E-state index in [0.717, 1.165) is 18.6 Å². The van der Waals surface area contributed by atoms with Crippen LogP contribution in [0.15, 0.2) is 18.2 Å². The summed E-state index contributed by atoms with van der Waals surface area (Å²) in [6.45, 7) is 0.559. The molecule has 1 heterocycles. The van der Waals surface area contributed by atoms with Gasteiger partial charge in [-0.25, -0.2) is 0 Å². The van der Waals surface area contributed by atoms with E-state index in [0.29, 0.717) is 24.7 Å². The molecule has 16 heavy (non-hydrogen) atoms. The molecule has 0 unspecified atom stereocenters. The highest BCUT2D eigenvalue weighted by atomic mass is 35.5. The Bertz CT molecular complexity index is 383. The van der Waals surface area contributed by atoms with Crippen LogP contribution in [0.5, 0.6) is 0 Å². The molecule has 5 heteroatoms. The van der Waals surface area contributed by atoms with Crippen molar-refractivity contribution in [1.29, 1.82) is 0 Å². The average molecular weight is 250 g/mol. The summed E-state index contributed by atoms with van der Waals surface area (Å²) in [4.78, 5) is 0. The highest BCUT2D eigenvalue weighted by Gasteiger charge is 2.32. The second kappa shape index (κ2) is 4.26. The normalized spacial score (nSPS) is 18.0. The van der Waals surface area contributed by atoms with Gasteiger partial charge in [-0.1, -0.05) is 11.6 Å². The van der Waals surface area contributed by atoms with Crippen LogP contribution in [0.3, 0.4) is 0 Å². The van der Waals surface area contributed by atoms with E-state index in [1.165, 1.54) is 6.07 Å². The Balaban J connectivity index is 2.35. The molecule has 1 aromatic rings. The SMILES string of the molecule is FC(F)(F)c1cc(Cl)cc([C]2CCCO2)c1. The van der Waals surface area contributed by atoms with Crippen molar-refractivity contribution in [3.63, 3.8) is 0 Å². The Morgan fingerprint density at radius 3 is 2.50 bits per heavy atom. The molecule has 1 fully saturated rings. The predicted octanol–water partition coefficient (Wildman–Crippen LogP) is 4.05. The van der Waals surface area contributed by atoms with Crippen molar-refractivity contribution in [3.8, 4) is 0 Å². The summed E-state index contributed by atoms with van der Waals surface area (Å²) >= 11 is 5.67. The summed E-state index contributed by atoms with van der Waals surface area (Å²) in [6, 6.07) is 3.49. The van der Waals surface area contributed by atoms with Crippen molar-refractivity contribution >= 4 is 11.6 Å². The largest absolute Gasteiger partial charge is 0.416 e. The van der Waals surface area contributed by atoms with Gasteiger partial charge in [-0.05, 0) is 36.6 Å². The fraction of sp³-hybridized carbons (Fsp3) is 0.364. The molecule has 0 spiro atoms. The summed E-state index contributed by atoms with van der Waals surface area (Å²) in [5, 5.41) is 0.0767. The maximum atomic E-state index is 12.5. The third-order valence-corrected chi connectivity index (χ3v) is 2.59. The third-order valence-electron chi connectivity index (χ3n) is 2.37. The standard InChI is InChI=1S/C11H9ClF3O/c12-9-5-7(10-2-1-3-16-10)4-8(6-9)11(13,14)15/h4-6H,1-3H2. The van der Waals surface area contributed by atoms with Crippen molar-refractivity contribution in [1.82, 2.24) is 0 Å². The van der Waals surface area contributed by atoms with Crippen LogP contribution in [-0.2, 0) is 10.9 Å². The lowest BCUT2D eigenvalue weighted by Crippen LogP contribution is -2.07. The van der Waals surface area contributed by atoms with Crippen LogP contribution < -0.4 is 0 Å². The van der Waals surface area contributed by atoms with Crippen molar-refractivity contribution in [2.75, 3.05) is 6.61 Å². The number of hydrogen-bond donors (Lipinski definition) is 0. The Labute approximate surface area is 96.2 Å². The van der Waals surface area contributed by atoms with E-state index in [2.05, 4.69) is 0 Å². The van der Waals surface area contributed by atoms with Gasteiger partial charge in [-0.2, -0.15) is 13.2 Å². The molecule has 0 aromatic heterocycles. The van der Waals surface area contributed by atoms with Crippen LogP contribution >= 0.6 is 11.6 Å². The molecule has 0 bridgehead atoms. The first-order valence-electron chi connectivity index (χ1n) is 4.83. The highest BCUT2D eigenvalue weighted by molar-refractivity contribution is 6.30. The zero-order chi connectivity index (χ0) is 11.8. The molecule has 1 saturated heterocycles. The molecule has 0 N–H and O–H groups in total. The second-order valence-electron chi connectivity index (χ2n) is 3.60. The summed E-state index contributed by atoms with van der Waals surface area (Å²) < 4.78 is 42.8. The van der Waals surface area contributed by atoms with Gasteiger partial charge < -0.3 is 4.74 Å². The van der Waals surface area contributed by atoms with E-state index in [-0.39, 0.29) is 5.02 Å². The maximum absolute atomic E-state index is 12.5. The molecule has 0 aliphatic carbocycles. The van der Waals surface area contributed by atoms with Crippen molar-refractivity contribution < 1.29 is 17.9 Å². The number of rotatable bonds is 1. The number of halogens is 4. The lowest BCUT2D eigenvalue weighted by atomic mass is 10.0. The predicted molar refractivity (Wildman–Crippen MR) is 54.0 cm³/mol. The minimum atomic E-state index is -4.38. The first-order chi connectivity index (χ1) is 7.47. The van der Waals surface area contributed by atoms with Crippen LogP contribution in [0.25, 0.3) is 0 Å². The Morgan fingerprint density at radius 2 is 1.94 bits per heavy atom. The van der Waals surface area contributed by atoms with Crippen molar-refractivity contribution in [2.45, 2.75) is 19.0 Å². The number of benzene rings is 1. The van der Waals surface area contributed by atoms with Gasteiger partial charge in [-0.15, -0.1) is 0 Å². The summed E-state index contributed by atoms with van der Waals surface area (Å²) in [5.41, 5.74) is -0.310. The topological polar surface area (TPSA) is 9.23 Å². The molecule has 1 nitrogen and oxygen atoms in total. The van der Waals surface area contributed by atoms with Gasteiger partial charge in [0.15, 0.2) is 0 Å². The van der Waals surface area contributed by atoms with Crippen LogP contribution in [0.4, 0.5) is 13.2 Å². The first kappa shape index (κ1) is 11.7. The minimum Gasteiger partial charge on any atom is -0.367 e. The zero-order valence-corrected chi connectivity index (χ0v) is 9.03. The van der Waals surface area contributed by atoms with Gasteiger partial charge in [0.2, 0.25) is 0 Å². The second-order valence-corrected chi connectivity index (χ2v) is 4.04. The molecule has 0 amide bonds. The summed E-state index contributed by atoms with van der Waals surface area (Å²) in [5.74, 6) is 0. The molecule has 1 radical (unpaired) electrons. The fourth-order valence-electron chi connectivity index (χ4n) is 1.64. The van der Waals surface area contributed by atoms with Crippen LogP contribution in [0.1, 0.15) is 24.0 Å². The highest BCUT2D eigenvalue weighted by Crippen LogP contribution is 2.35. The summed E-state index contributed by atoms with van der Waals surface area (Å²) in [7, 11) is 0. The minimum absolute atomic E-state index is 0.0767. The van der Waals surface area contributed by atoms with E-state index in [9.17, 15) is 13.2 Å². The van der Waals surface area contributed by atoms with E-state index >= 15 is 0 Å². The Kier molecular flexibility index (Phi) is 3.13. The molecule has 0 saturated carbocycles. The zero-order valence-electron chi connectivity index (χ0n) is 8.27. The van der Waals surface area contributed by atoms with Gasteiger partial charge in [0.05, 0.1) is 5.56 Å². The lowest BCUT2D eigenvalue weighted by Gasteiger charge is -2.13. The van der Waals surface area contributed by atoms with E-state index < -0.39 is 11.7 Å². The molecule has 0 atom stereocenters.